The van der Waals surface area contributed by atoms with E-state index in [0.29, 0.717) is 34.2 Å². The molecule has 13 nitrogen and oxygen atoms in total. The first kappa shape index (κ1) is 31.8. The van der Waals surface area contributed by atoms with E-state index in [0.717, 1.165) is 24.8 Å². The van der Waals surface area contributed by atoms with Crippen molar-refractivity contribution in [3.05, 3.63) is 64.8 Å². The van der Waals surface area contributed by atoms with E-state index in [2.05, 4.69) is 9.97 Å². The van der Waals surface area contributed by atoms with Crippen LogP contribution < -0.4 is 4.31 Å². The highest BCUT2D eigenvalue weighted by molar-refractivity contribution is 7.98. The van der Waals surface area contributed by atoms with Gasteiger partial charge < -0.3 is 14.6 Å². The van der Waals surface area contributed by atoms with Crippen molar-refractivity contribution in [3.63, 3.8) is 0 Å². The Morgan fingerprint density at radius 2 is 2.05 bits per heavy atom. The number of fused-ring (bicyclic) bond motifs is 1. The molecule has 1 fully saturated rings. The standard InChI is InChI=1S/C29H34N6O7S2/c1-20(13-17-41-18-15-36)34(44(39,40)26-8-4-3-7-25(26)35(37)38)21-10-11-24-22(19-21)28(23-12-14-30-29(31-23)43-2)32-33(24)27-9-5-6-16-42-27/h3-4,7-8,10-12,14,19-20,27,36H,5-6,9,13,15-18H2,1-2H3/t20-,27?/m0/s1. The Morgan fingerprint density at radius 3 is 2.77 bits per heavy atom. The van der Waals surface area contributed by atoms with E-state index in [9.17, 15) is 18.5 Å². The topological polar surface area (TPSA) is 163 Å². The molecule has 0 amide bonds. The van der Waals surface area contributed by atoms with Crippen LogP contribution in [0.15, 0.2) is 64.8 Å². The second-order valence-corrected chi connectivity index (χ2v) is 12.8. The van der Waals surface area contributed by atoms with Gasteiger partial charge in [-0.15, -0.1) is 0 Å². The molecule has 0 radical (unpaired) electrons. The van der Waals surface area contributed by atoms with Crippen LogP contribution in [-0.2, 0) is 19.5 Å². The van der Waals surface area contributed by atoms with E-state index in [-0.39, 0.29) is 32.5 Å². The molecule has 2 aromatic heterocycles. The predicted octanol–water partition coefficient (Wildman–Crippen LogP) is 4.81. The van der Waals surface area contributed by atoms with Crippen molar-refractivity contribution in [2.24, 2.45) is 0 Å². The fourth-order valence-corrected chi connectivity index (χ4v) is 7.46. The Morgan fingerprint density at radius 1 is 1.23 bits per heavy atom. The fraction of sp³-hybridized carbons (Fsp3) is 0.414. The summed E-state index contributed by atoms with van der Waals surface area (Å²) in [5.74, 6) is 0. The maximum Gasteiger partial charge on any atom is 0.289 e. The summed E-state index contributed by atoms with van der Waals surface area (Å²) in [5.41, 5.74) is 1.63. The van der Waals surface area contributed by atoms with Gasteiger partial charge in [0.15, 0.2) is 16.3 Å². The summed E-state index contributed by atoms with van der Waals surface area (Å²) in [5, 5.41) is 27.1. The minimum absolute atomic E-state index is 0.109. The zero-order valence-corrected chi connectivity index (χ0v) is 26.0. The van der Waals surface area contributed by atoms with Crippen molar-refractivity contribution >= 4 is 44.1 Å². The molecule has 234 valence electrons. The van der Waals surface area contributed by atoms with Crippen LogP contribution in [0, 0.1) is 10.1 Å². The van der Waals surface area contributed by atoms with Gasteiger partial charge in [-0.3, -0.25) is 14.4 Å². The molecule has 0 saturated carbocycles. The molecule has 0 aliphatic carbocycles. The first-order valence-corrected chi connectivity index (χ1v) is 16.9. The van der Waals surface area contributed by atoms with E-state index in [1.165, 1.54) is 40.3 Å². The van der Waals surface area contributed by atoms with Crippen LogP contribution in [0.5, 0.6) is 0 Å². The van der Waals surface area contributed by atoms with Crippen LogP contribution in [-0.4, -0.2) is 76.9 Å². The monoisotopic (exact) mass is 642 g/mol. The first-order chi connectivity index (χ1) is 21.3. The Bertz CT molecular complexity index is 1730. The molecule has 1 N–H and O–H groups in total. The number of nitrogens with zero attached hydrogens (tertiary/aromatic N) is 6. The molecule has 3 heterocycles. The Labute approximate surface area is 259 Å². The van der Waals surface area contributed by atoms with Gasteiger partial charge in [-0.25, -0.2) is 23.1 Å². The van der Waals surface area contributed by atoms with E-state index >= 15 is 0 Å². The molecule has 5 rings (SSSR count). The van der Waals surface area contributed by atoms with Gasteiger partial charge in [0.05, 0.1) is 35.0 Å². The highest BCUT2D eigenvalue weighted by Crippen LogP contribution is 2.38. The Kier molecular flexibility index (Phi) is 10.1. The molecular weight excluding hydrogens is 608 g/mol. The summed E-state index contributed by atoms with van der Waals surface area (Å²) < 4.78 is 43.1. The van der Waals surface area contributed by atoms with Crippen molar-refractivity contribution in [2.75, 3.05) is 37.0 Å². The highest BCUT2D eigenvalue weighted by atomic mass is 32.2. The van der Waals surface area contributed by atoms with E-state index in [1.54, 1.807) is 37.4 Å². The number of para-hydroxylation sites is 1. The smallest absolute Gasteiger partial charge is 0.289 e. The van der Waals surface area contributed by atoms with Gasteiger partial charge in [0, 0.05) is 36.9 Å². The quantitative estimate of drug-likeness (QED) is 0.0700. The molecule has 0 spiro atoms. The SMILES string of the molecule is CSc1nccc(-c2nn(C3CCCCO3)c3ccc(N([C@@H](C)CCOCCO)S(=O)(=O)c4ccccc4[N+](=O)[O-])cc23)n1. The molecule has 1 aliphatic heterocycles. The van der Waals surface area contributed by atoms with E-state index in [4.69, 9.17) is 19.7 Å². The highest BCUT2D eigenvalue weighted by Gasteiger charge is 2.35. The minimum Gasteiger partial charge on any atom is -0.394 e. The molecule has 44 heavy (non-hydrogen) atoms. The number of sulfonamides is 1. The lowest BCUT2D eigenvalue weighted by atomic mass is 10.1. The summed E-state index contributed by atoms with van der Waals surface area (Å²) in [6.07, 6.45) is 6.24. The Balaban J connectivity index is 1.69. The largest absolute Gasteiger partial charge is 0.394 e. The van der Waals surface area contributed by atoms with Crippen molar-refractivity contribution in [3.8, 4) is 11.4 Å². The van der Waals surface area contributed by atoms with Gasteiger partial charge in [-0.1, -0.05) is 23.9 Å². The van der Waals surface area contributed by atoms with Crippen LogP contribution in [0.2, 0.25) is 0 Å². The first-order valence-electron chi connectivity index (χ1n) is 14.2. The van der Waals surface area contributed by atoms with Crippen LogP contribution in [0.1, 0.15) is 38.8 Å². The fourth-order valence-electron chi connectivity index (χ4n) is 5.26. The number of nitro benzene ring substituents is 1. The third-order valence-electron chi connectivity index (χ3n) is 7.35. The second-order valence-electron chi connectivity index (χ2n) is 10.2. The van der Waals surface area contributed by atoms with Crippen LogP contribution in [0.3, 0.4) is 0 Å². The van der Waals surface area contributed by atoms with Gasteiger partial charge in [0.2, 0.25) is 0 Å². The molecule has 1 unspecified atom stereocenters. The van der Waals surface area contributed by atoms with Gasteiger partial charge in [-0.05, 0) is 69.2 Å². The molecule has 1 aliphatic rings. The molecule has 0 bridgehead atoms. The Hall–Kier alpha value is -3.63. The summed E-state index contributed by atoms with van der Waals surface area (Å²) in [6, 6.07) is 11.6. The zero-order valence-electron chi connectivity index (χ0n) is 24.4. The maximum absolute atomic E-state index is 14.3. The van der Waals surface area contributed by atoms with Crippen molar-refractivity contribution in [2.45, 2.75) is 54.9 Å². The van der Waals surface area contributed by atoms with Gasteiger partial charge in [0.1, 0.15) is 5.69 Å². The maximum atomic E-state index is 14.3. The lowest BCUT2D eigenvalue weighted by Crippen LogP contribution is -2.39. The normalized spacial score (nSPS) is 16.2. The van der Waals surface area contributed by atoms with Gasteiger partial charge in [-0.2, -0.15) is 5.10 Å². The van der Waals surface area contributed by atoms with E-state index < -0.39 is 31.6 Å². The molecule has 2 atom stereocenters. The van der Waals surface area contributed by atoms with Crippen molar-refractivity contribution < 1.29 is 27.9 Å². The van der Waals surface area contributed by atoms with Gasteiger partial charge >= 0.3 is 0 Å². The second kappa shape index (κ2) is 14.0. The summed E-state index contributed by atoms with van der Waals surface area (Å²) in [4.78, 5) is 19.7. The average molecular weight is 643 g/mol. The summed E-state index contributed by atoms with van der Waals surface area (Å²) >= 11 is 1.39. The summed E-state index contributed by atoms with van der Waals surface area (Å²) in [6.45, 7) is 2.45. The zero-order chi connectivity index (χ0) is 31.3. The molecule has 2 aromatic carbocycles. The van der Waals surface area contributed by atoms with E-state index in [1.807, 2.05) is 10.9 Å². The number of aliphatic hydroxyl groups is 1. The molecule has 15 heteroatoms. The third-order valence-corrected chi connectivity index (χ3v) is 9.90. The third kappa shape index (κ3) is 6.56. The van der Waals surface area contributed by atoms with Crippen LogP contribution >= 0.6 is 11.8 Å². The number of hydrogen-bond donors (Lipinski definition) is 1. The van der Waals surface area contributed by atoms with Crippen molar-refractivity contribution in [1.29, 1.82) is 0 Å². The van der Waals surface area contributed by atoms with Gasteiger partial charge in [0.25, 0.3) is 15.7 Å². The predicted molar refractivity (Wildman–Crippen MR) is 166 cm³/mol. The molecule has 1 saturated heterocycles. The number of anilines is 1. The molecule has 4 aromatic rings. The minimum atomic E-state index is -4.44. The lowest BCUT2D eigenvalue weighted by molar-refractivity contribution is -0.387. The number of rotatable bonds is 13. The van der Waals surface area contributed by atoms with Crippen LogP contribution in [0.25, 0.3) is 22.3 Å². The van der Waals surface area contributed by atoms with Crippen LogP contribution in [0.4, 0.5) is 11.4 Å². The lowest BCUT2D eigenvalue weighted by Gasteiger charge is -2.30. The number of hydrogen-bond acceptors (Lipinski definition) is 11. The summed E-state index contributed by atoms with van der Waals surface area (Å²) in [7, 11) is -4.44. The molecular formula is C29H34N6O7S2. The number of ether oxygens (including phenoxy) is 2. The number of benzene rings is 2. The number of aliphatic hydroxyl groups excluding tert-OH is 1. The van der Waals surface area contributed by atoms with Crippen molar-refractivity contribution in [1.82, 2.24) is 19.7 Å². The number of aromatic nitrogens is 4. The average Bonchev–Trinajstić information content (AvgIpc) is 3.42. The number of thioether (sulfide) groups is 1. The number of nitro groups is 1.